The van der Waals surface area contributed by atoms with E-state index in [0.717, 1.165) is 6.20 Å². The van der Waals surface area contributed by atoms with Crippen molar-refractivity contribution in [3.8, 4) is 5.75 Å². The molecule has 0 aliphatic carbocycles. The van der Waals surface area contributed by atoms with Crippen LogP contribution in [0.15, 0.2) is 60.4 Å². The van der Waals surface area contributed by atoms with Crippen molar-refractivity contribution in [2.45, 2.75) is 6.54 Å². The smallest absolute Gasteiger partial charge is 0.307 e. The van der Waals surface area contributed by atoms with Gasteiger partial charge in [-0.3, -0.25) is 34.6 Å². The predicted molar refractivity (Wildman–Crippen MR) is 129 cm³/mol. The van der Waals surface area contributed by atoms with E-state index in [0.29, 0.717) is 27.6 Å². The van der Waals surface area contributed by atoms with Gasteiger partial charge >= 0.3 is 5.69 Å². The van der Waals surface area contributed by atoms with Gasteiger partial charge in [0.1, 0.15) is 23.7 Å². The normalized spacial score (nSPS) is 14.9. The number of amides is 2. The van der Waals surface area contributed by atoms with Crippen LogP contribution >= 0.6 is 23.8 Å². The fourth-order valence-electron chi connectivity index (χ4n) is 3.37. The first kappa shape index (κ1) is 23.1. The van der Waals surface area contributed by atoms with Gasteiger partial charge in [0.2, 0.25) is 0 Å². The SMILES string of the molecule is COc1ccc(/C=C2\C(=O)NC(=S)N(c3ccc(Cl)cc3)C2=O)cc1Cn1cc([N+](=O)[O-])cn1. The highest BCUT2D eigenvalue weighted by molar-refractivity contribution is 7.80. The number of hydrogen-bond donors (Lipinski definition) is 1. The van der Waals surface area contributed by atoms with Crippen molar-refractivity contribution >= 4 is 58.2 Å². The molecule has 34 heavy (non-hydrogen) atoms. The van der Waals surface area contributed by atoms with E-state index >= 15 is 0 Å². The molecule has 1 fully saturated rings. The van der Waals surface area contributed by atoms with Crippen molar-refractivity contribution in [2.24, 2.45) is 0 Å². The van der Waals surface area contributed by atoms with Crippen LogP contribution < -0.4 is 15.0 Å². The average molecular weight is 498 g/mol. The van der Waals surface area contributed by atoms with Crippen LogP contribution in [-0.2, 0) is 16.1 Å². The molecular formula is C22H16ClN5O5S. The summed E-state index contributed by atoms with van der Waals surface area (Å²) in [4.78, 5) is 37.4. The Labute approximate surface area is 203 Å². The first-order valence-corrected chi connectivity index (χ1v) is 10.6. The highest BCUT2D eigenvalue weighted by Crippen LogP contribution is 2.26. The Morgan fingerprint density at radius 1 is 1.24 bits per heavy atom. The van der Waals surface area contributed by atoms with Crippen LogP contribution in [0.5, 0.6) is 5.75 Å². The van der Waals surface area contributed by atoms with Gasteiger partial charge in [-0.2, -0.15) is 5.10 Å². The van der Waals surface area contributed by atoms with Crippen LogP contribution in [0.2, 0.25) is 5.02 Å². The highest BCUT2D eigenvalue weighted by atomic mass is 35.5. The maximum absolute atomic E-state index is 13.2. The highest BCUT2D eigenvalue weighted by Gasteiger charge is 2.34. The largest absolute Gasteiger partial charge is 0.496 e. The monoisotopic (exact) mass is 497 g/mol. The number of carbonyl (C=O) groups is 2. The van der Waals surface area contributed by atoms with Gasteiger partial charge in [0.05, 0.1) is 24.3 Å². The van der Waals surface area contributed by atoms with Gasteiger partial charge in [0.15, 0.2) is 5.11 Å². The topological polar surface area (TPSA) is 120 Å². The maximum atomic E-state index is 13.2. The number of thiocarbonyl (C=S) groups is 1. The van der Waals surface area contributed by atoms with Gasteiger partial charge in [-0.1, -0.05) is 17.7 Å². The Morgan fingerprint density at radius 3 is 2.62 bits per heavy atom. The van der Waals surface area contributed by atoms with Gasteiger partial charge < -0.3 is 4.74 Å². The summed E-state index contributed by atoms with van der Waals surface area (Å²) in [5.41, 5.74) is 1.39. The van der Waals surface area contributed by atoms with Crippen molar-refractivity contribution in [1.29, 1.82) is 0 Å². The van der Waals surface area contributed by atoms with Crippen molar-refractivity contribution in [3.63, 3.8) is 0 Å². The molecule has 0 bridgehead atoms. The van der Waals surface area contributed by atoms with E-state index in [-0.39, 0.29) is 22.9 Å². The Balaban J connectivity index is 1.67. The fraction of sp³-hybridized carbons (Fsp3) is 0.0909. The van der Waals surface area contributed by atoms with Crippen molar-refractivity contribution in [1.82, 2.24) is 15.1 Å². The molecule has 0 atom stereocenters. The van der Waals surface area contributed by atoms with Gasteiger partial charge in [0, 0.05) is 10.6 Å². The molecule has 2 aromatic carbocycles. The minimum atomic E-state index is -0.625. The number of nitrogens with one attached hydrogen (secondary N) is 1. The molecule has 0 spiro atoms. The Hall–Kier alpha value is -4.09. The van der Waals surface area contributed by atoms with Crippen LogP contribution in [0.4, 0.5) is 11.4 Å². The molecule has 0 unspecified atom stereocenters. The number of methoxy groups -OCH3 is 1. The molecule has 1 aliphatic rings. The minimum Gasteiger partial charge on any atom is -0.496 e. The summed E-state index contributed by atoms with van der Waals surface area (Å²) < 4.78 is 6.77. The number of carbonyl (C=O) groups excluding carboxylic acids is 2. The second-order valence-electron chi connectivity index (χ2n) is 7.16. The molecule has 12 heteroatoms. The van der Waals surface area contributed by atoms with E-state index in [2.05, 4.69) is 10.4 Å². The number of halogens is 1. The third-order valence-electron chi connectivity index (χ3n) is 4.96. The molecular weight excluding hydrogens is 482 g/mol. The lowest BCUT2D eigenvalue weighted by Gasteiger charge is -2.29. The molecule has 2 amide bonds. The number of nitro groups is 1. The van der Waals surface area contributed by atoms with Gasteiger partial charge in [-0.25, -0.2) is 0 Å². The second-order valence-corrected chi connectivity index (χ2v) is 7.98. The molecule has 3 aromatic rings. The van der Waals surface area contributed by atoms with E-state index in [1.807, 2.05) is 0 Å². The lowest BCUT2D eigenvalue weighted by Crippen LogP contribution is -2.54. The maximum Gasteiger partial charge on any atom is 0.307 e. The first-order chi connectivity index (χ1) is 16.3. The summed E-state index contributed by atoms with van der Waals surface area (Å²) in [7, 11) is 1.49. The summed E-state index contributed by atoms with van der Waals surface area (Å²) in [5, 5.41) is 17.9. The first-order valence-electron chi connectivity index (χ1n) is 9.77. The fourth-order valence-corrected chi connectivity index (χ4v) is 3.78. The molecule has 0 saturated carbocycles. The number of hydrogen-bond acceptors (Lipinski definition) is 7. The molecule has 2 heterocycles. The number of rotatable bonds is 6. The lowest BCUT2D eigenvalue weighted by atomic mass is 10.0. The number of aromatic nitrogens is 2. The van der Waals surface area contributed by atoms with Gasteiger partial charge in [-0.15, -0.1) is 0 Å². The molecule has 1 N–H and O–H groups in total. The standard InChI is InChI=1S/C22H16ClN5O5S/c1-33-19-7-2-13(8-14(19)11-26-12-17(10-24-26)28(31)32)9-18-20(29)25-22(34)27(21(18)30)16-5-3-15(23)4-6-16/h2-10,12H,11H2,1H3,(H,25,29,34)/b18-9+. The quantitative estimate of drug-likeness (QED) is 0.182. The Kier molecular flexibility index (Phi) is 6.39. The van der Waals surface area contributed by atoms with E-state index in [4.69, 9.17) is 28.6 Å². The van der Waals surface area contributed by atoms with Crippen LogP contribution in [0.1, 0.15) is 11.1 Å². The van der Waals surface area contributed by atoms with E-state index in [9.17, 15) is 19.7 Å². The second kappa shape index (κ2) is 9.41. The molecule has 172 valence electrons. The molecule has 4 rings (SSSR count). The van der Waals surface area contributed by atoms with E-state index in [1.54, 1.807) is 42.5 Å². The number of nitrogens with zero attached hydrogens (tertiary/aromatic N) is 4. The molecule has 10 nitrogen and oxygen atoms in total. The molecule has 0 radical (unpaired) electrons. The minimum absolute atomic E-state index is 0.0369. The molecule has 1 saturated heterocycles. The van der Waals surface area contributed by atoms with Crippen LogP contribution in [0.25, 0.3) is 6.08 Å². The summed E-state index contributed by atoms with van der Waals surface area (Å²) in [5.74, 6) is -0.694. The zero-order chi connectivity index (χ0) is 24.4. The zero-order valence-corrected chi connectivity index (χ0v) is 19.2. The Morgan fingerprint density at radius 2 is 1.97 bits per heavy atom. The van der Waals surface area contributed by atoms with Crippen molar-refractivity contribution in [3.05, 3.63) is 86.7 Å². The molecule has 1 aliphatic heterocycles. The average Bonchev–Trinajstić information content (AvgIpc) is 3.27. The summed E-state index contributed by atoms with van der Waals surface area (Å²) in [6.07, 6.45) is 3.89. The Bertz CT molecular complexity index is 1350. The number of benzene rings is 2. The van der Waals surface area contributed by atoms with Crippen molar-refractivity contribution < 1.29 is 19.2 Å². The van der Waals surface area contributed by atoms with Crippen LogP contribution in [0.3, 0.4) is 0 Å². The van der Waals surface area contributed by atoms with Gasteiger partial charge in [-0.05, 0) is 60.3 Å². The van der Waals surface area contributed by atoms with Crippen LogP contribution in [-0.4, -0.2) is 38.7 Å². The predicted octanol–water partition coefficient (Wildman–Crippen LogP) is 3.33. The molecule has 1 aromatic heterocycles. The van der Waals surface area contributed by atoms with Gasteiger partial charge in [0.25, 0.3) is 11.8 Å². The summed E-state index contributed by atoms with van der Waals surface area (Å²) >= 11 is 11.1. The van der Waals surface area contributed by atoms with E-state index < -0.39 is 16.7 Å². The zero-order valence-electron chi connectivity index (χ0n) is 17.6. The third-order valence-corrected chi connectivity index (χ3v) is 5.50. The summed E-state index contributed by atoms with van der Waals surface area (Å²) in [6, 6.07) is 11.5. The number of anilines is 1. The summed E-state index contributed by atoms with van der Waals surface area (Å²) in [6.45, 7) is 0.176. The third kappa shape index (κ3) is 4.65. The van der Waals surface area contributed by atoms with E-state index in [1.165, 1.54) is 29.0 Å². The lowest BCUT2D eigenvalue weighted by molar-refractivity contribution is -0.385. The van der Waals surface area contributed by atoms with Crippen molar-refractivity contribution in [2.75, 3.05) is 12.0 Å². The van der Waals surface area contributed by atoms with Crippen LogP contribution in [0, 0.1) is 10.1 Å². The number of ether oxygens (including phenoxy) is 1.